The number of nitrogens with zero attached hydrogens (tertiary/aromatic N) is 1. The minimum absolute atomic E-state index is 0.0688. The molecule has 1 saturated carbocycles. The van der Waals surface area contributed by atoms with Crippen molar-refractivity contribution in [3.05, 3.63) is 29.7 Å². The zero-order valence-electron chi connectivity index (χ0n) is 14.5. The van der Waals surface area contributed by atoms with E-state index in [4.69, 9.17) is 10.2 Å². The van der Waals surface area contributed by atoms with Crippen LogP contribution in [0.3, 0.4) is 0 Å². The first-order valence-corrected chi connectivity index (χ1v) is 8.77. The predicted octanol–water partition coefficient (Wildman–Crippen LogP) is 1.18. The molecule has 7 nitrogen and oxygen atoms in total. The van der Waals surface area contributed by atoms with Crippen LogP contribution in [0.4, 0.5) is 4.79 Å². The summed E-state index contributed by atoms with van der Waals surface area (Å²) in [5.74, 6) is 1.86. The summed E-state index contributed by atoms with van der Waals surface area (Å²) in [6.07, 6.45) is 6.20. The highest BCUT2D eigenvalue weighted by Crippen LogP contribution is 2.41. The van der Waals surface area contributed by atoms with Crippen LogP contribution in [0.1, 0.15) is 25.5 Å². The molecule has 3 amide bonds. The van der Waals surface area contributed by atoms with Crippen molar-refractivity contribution in [3.63, 3.8) is 0 Å². The third-order valence-electron chi connectivity index (χ3n) is 4.84. The van der Waals surface area contributed by atoms with Crippen molar-refractivity contribution in [2.45, 2.75) is 25.8 Å². The molecule has 1 aliphatic heterocycles. The maximum atomic E-state index is 12.0. The van der Waals surface area contributed by atoms with E-state index in [1.807, 2.05) is 12.1 Å². The number of rotatable bonds is 7. The van der Waals surface area contributed by atoms with Gasteiger partial charge in [-0.1, -0.05) is 5.57 Å². The number of furan rings is 1. The summed E-state index contributed by atoms with van der Waals surface area (Å²) in [5, 5.41) is 5.41. The summed E-state index contributed by atoms with van der Waals surface area (Å²) in [4.78, 5) is 25.1. The molecule has 0 radical (unpaired) electrons. The molecule has 7 heteroatoms. The van der Waals surface area contributed by atoms with Crippen LogP contribution in [-0.4, -0.2) is 49.1 Å². The van der Waals surface area contributed by atoms with Gasteiger partial charge in [-0.3, -0.25) is 9.69 Å². The van der Waals surface area contributed by atoms with E-state index in [0.29, 0.717) is 11.8 Å². The standard InChI is InChI=1S/C18H26N4O3/c1-12(7-14-3-2-6-25-14)9-22-10-15(13-4-5-13)16(11-22)21-17(23)8-20-18(19)24/h2-3,6-7,13,15-16H,4-5,8-11H2,1H3,(H,21,23)(H3,19,20,24)/t15-,16+/m1/s1. The van der Waals surface area contributed by atoms with E-state index in [1.165, 1.54) is 18.4 Å². The van der Waals surface area contributed by atoms with Crippen molar-refractivity contribution in [1.82, 2.24) is 15.5 Å². The van der Waals surface area contributed by atoms with Crippen LogP contribution in [0.5, 0.6) is 0 Å². The maximum Gasteiger partial charge on any atom is 0.312 e. The third-order valence-corrected chi connectivity index (χ3v) is 4.84. The quantitative estimate of drug-likeness (QED) is 0.690. The Morgan fingerprint density at radius 2 is 2.20 bits per heavy atom. The Hall–Kier alpha value is -2.28. The molecule has 0 bridgehead atoms. The van der Waals surface area contributed by atoms with Gasteiger partial charge in [-0.25, -0.2) is 4.79 Å². The summed E-state index contributed by atoms with van der Waals surface area (Å²) < 4.78 is 5.36. The highest BCUT2D eigenvalue weighted by atomic mass is 16.3. The van der Waals surface area contributed by atoms with Gasteiger partial charge in [0.05, 0.1) is 12.8 Å². The van der Waals surface area contributed by atoms with Crippen LogP contribution in [0.2, 0.25) is 0 Å². The molecule has 2 fully saturated rings. The van der Waals surface area contributed by atoms with Gasteiger partial charge in [-0.15, -0.1) is 0 Å². The van der Waals surface area contributed by atoms with Crippen LogP contribution in [0.15, 0.2) is 28.4 Å². The fourth-order valence-corrected chi connectivity index (χ4v) is 3.64. The summed E-state index contributed by atoms with van der Waals surface area (Å²) in [5.41, 5.74) is 6.24. The average molecular weight is 346 g/mol. The minimum atomic E-state index is -0.680. The molecule has 2 heterocycles. The lowest BCUT2D eigenvalue weighted by atomic mass is 9.98. The van der Waals surface area contributed by atoms with Crippen LogP contribution in [0, 0.1) is 11.8 Å². The van der Waals surface area contributed by atoms with Crippen molar-refractivity contribution in [2.24, 2.45) is 17.6 Å². The number of carbonyl (C=O) groups excluding carboxylic acids is 2. The largest absolute Gasteiger partial charge is 0.465 e. The highest BCUT2D eigenvalue weighted by molar-refractivity contribution is 5.83. The Morgan fingerprint density at radius 1 is 1.40 bits per heavy atom. The number of hydrogen-bond donors (Lipinski definition) is 3. The molecule has 0 unspecified atom stereocenters. The highest BCUT2D eigenvalue weighted by Gasteiger charge is 2.42. The molecule has 1 saturated heterocycles. The van der Waals surface area contributed by atoms with E-state index < -0.39 is 6.03 Å². The molecular formula is C18H26N4O3. The molecule has 1 aromatic heterocycles. The lowest BCUT2D eigenvalue weighted by Gasteiger charge is -2.19. The summed E-state index contributed by atoms with van der Waals surface area (Å²) >= 11 is 0. The third kappa shape index (κ3) is 5.09. The van der Waals surface area contributed by atoms with Crippen LogP contribution in [0.25, 0.3) is 6.08 Å². The van der Waals surface area contributed by atoms with Gasteiger partial charge in [0.1, 0.15) is 5.76 Å². The van der Waals surface area contributed by atoms with Gasteiger partial charge in [-0.05, 0) is 49.8 Å². The molecular weight excluding hydrogens is 320 g/mol. The molecule has 25 heavy (non-hydrogen) atoms. The van der Waals surface area contributed by atoms with Gasteiger partial charge in [0, 0.05) is 25.7 Å². The lowest BCUT2D eigenvalue weighted by molar-refractivity contribution is -0.121. The Morgan fingerprint density at radius 3 is 2.84 bits per heavy atom. The zero-order chi connectivity index (χ0) is 17.8. The second-order valence-corrected chi connectivity index (χ2v) is 7.09. The number of carbonyl (C=O) groups is 2. The van der Waals surface area contributed by atoms with Crippen LogP contribution in [-0.2, 0) is 4.79 Å². The SMILES string of the molecule is CC(=Cc1ccco1)CN1C[C@H](NC(=O)CNC(N)=O)[C@@H](C2CC2)C1. The first-order valence-electron chi connectivity index (χ1n) is 8.77. The predicted molar refractivity (Wildman–Crippen MR) is 94.5 cm³/mol. The van der Waals surface area contributed by atoms with Crippen molar-refractivity contribution in [3.8, 4) is 0 Å². The summed E-state index contributed by atoms with van der Waals surface area (Å²) in [6, 6.07) is 3.27. The molecule has 136 valence electrons. The van der Waals surface area contributed by atoms with E-state index in [-0.39, 0.29) is 18.5 Å². The molecule has 2 atom stereocenters. The molecule has 1 aliphatic carbocycles. The van der Waals surface area contributed by atoms with Crippen molar-refractivity contribution in [2.75, 3.05) is 26.2 Å². The van der Waals surface area contributed by atoms with Crippen molar-refractivity contribution >= 4 is 18.0 Å². The molecule has 4 N–H and O–H groups in total. The number of likely N-dealkylation sites (tertiary alicyclic amines) is 1. The van der Waals surface area contributed by atoms with Crippen LogP contribution < -0.4 is 16.4 Å². The molecule has 3 rings (SSSR count). The van der Waals surface area contributed by atoms with Gasteiger partial charge in [0.25, 0.3) is 0 Å². The van der Waals surface area contributed by atoms with Gasteiger partial charge in [0.15, 0.2) is 0 Å². The second kappa shape index (κ2) is 7.74. The number of hydrogen-bond acceptors (Lipinski definition) is 4. The first-order chi connectivity index (χ1) is 12.0. The van der Waals surface area contributed by atoms with E-state index in [1.54, 1.807) is 6.26 Å². The normalized spacial score (nSPS) is 24.3. The van der Waals surface area contributed by atoms with Crippen molar-refractivity contribution in [1.29, 1.82) is 0 Å². The summed E-state index contributed by atoms with van der Waals surface area (Å²) in [7, 11) is 0. The Labute approximate surface area is 147 Å². The number of nitrogens with two attached hydrogens (primary N) is 1. The number of primary amides is 1. The van der Waals surface area contributed by atoms with E-state index in [0.717, 1.165) is 25.4 Å². The first kappa shape index (κ1) is 17.5. The molecule has 0 aromatic carbocycles. The van der Waals surface area contributed by atoms with Gasteiger partial charge in [-0.2, -0.15) is 0 Å². The zero-order valence-corrected chi connectivity index (χ0v) is 14.5. The Bertz CT molecular complexity index is 637. The minimum Gasteiger partial charge on any atom is -0.465 e. The molecule has 0 spiro atoms. The fourth-order valence-electron chi connectivity index (χ4n) is 3.64. The van der Waals surface area contributed by atoms with Gasteiger partial charge in [0.2, 0.25) is 5.91 Å². The van der Waals surface area contributed by atoms with E-state index in [9.17, 15) is 9.59 Å². The fraction of sp³-hybridized carbons (Fsp3) is 0.556. The number of nitrogens with one attached hydrogen (secondary N) is 2. The second-order valence-electron chi connectivity index (χ2n) is 7.09. The van der Waals surface area contributed by atoms with Gasteiger partial charge < -0.3 is 20.8 Å². The molecule has 1 aromatic rings. The van der Waals surface area contributed by atoms with Gasteiger partial charge >= 0.3 is 6.03 Å². The summed E-state index contributed by atoms with van der Waals surface area (Å²) in [6.45, 7) is 4.70. The van der Waals surface area contributed by atoms with E-state index in [2.05, 4.69) is 28.5 Å². The average Bonchev–Trinajstić information content (AvgIpc) is 3.13. The smallest absolute Gasteiger partial charge is 0.312 e. The Balaban J connectivity index is 1.55. The number of amides is 3. The maximum absolute atomic E-state index is 12.0. The van der Waals surface area contributed by atoms with Crippen LogP contribution >= 0.6 is 0 Å². The van der Waals surface area contributed by atoms with E-state index >= 15 is 0 Å². The molecule has 2 aliphatic rings. The van der Waals surface area contributed by atoms with Crippen molar-refractivity contribution < 1.29 is 14.0 Å². The monoisotopic (exact) mass is 346 g/mol. The topological polar surface area (TPSA) is 101 Å². The lowest BCUT2D eigenvalue weighted by Crippen LogP contribution is -2.46. The Kier molecular flexibility index (Phi) is 5.43. The number of urea groups is 1.